The molecule has 2 aromatic rings. The molecule has 0 atom stereocenters. The minimum atomic E-state index is -0.455. The van der Waals surface area contributed by atoms with E-state index in [1.807, 2.05) is 30.3 Å². The first-order valence-electron chi connectivity index (χ1n) is 6.96. The molecule has 6 heteroatoms. The molecule has 0 N–H and O–H groups in total. The van der Waals surface area contributed by atoms with Crippen molar-refractivity contribution in [2.75, 3.05) is 6.61 Å². The normalized spacial score (nSPS) is 11.1. The molecular weight excluding hydrogens is 361 g/mol. The van der Waals surface area contributed by atoms with Gasteiger partial charge in [-0.15, -0.1) is 0 Å². The number of hydrogen-bond acceptors (Lipinski definition) is 4. The van der Waals surface area contributed by atoms with Crippen LogP contribution in [-0.2, 0) is 9.53 Å². The number of ether oxygens (including phenoxy) is 1. The fourth-order valence-corrected chi connectivity index (χ4v) is 3.68. The average molecular weight is 376 g/mol. The third kappa shape index (κ3) is 5.05. The van der Waals surface area contributed by atoms with Gasteiger partial charge in [-0.05, 0) is 0 Å². The molecule has 0 amide bonds. The van der Waals surface area contributed by atoms with Gasteiger partial charge in [0.05, 0.1) is 0 Å². The third-order valence-corrected chi connectivity index (χ3v) is 4.95. The average Bonchev–Trinajstić information content (AvgIpc) is 2.55. The Morgan fingerprint density at radius 2 is 1.96 bits per heavy atom. The van der Waals surface area contributed by atoms with Crippen molar-refractivity contribution < 1.29 is 14.5 Å². The summed E-state index contributed by atoms with van der Waals surface area (Å²) in [5.41, 5.74) is 0.606. The molecular formula is C17H15NO4Se. The summed E-state index contributed by atoms with van der Waals surface area (Å²) >= 11 is -0.238. The first-order valence-corrected chi connectivity index (χ1v) is 8.67. The van der Waals surface area contributed by atoms with E-state index in [1.54, 1.807) is 25.1 Å². The Hall–Kier alpha value is -2.43. The van der Waals surface area contributed by atoms with Crippen molar-refractivity contribution in [3.63, 3.8) is 0 Å². The Morgan fingerprint density at radius 3 is 2.61 bits per heavy atom. The quantitative estimate of drug-likeness (QED) is 0.255. The van der Waals surface area contributed by atoms with Crippen LogP contribution in [-0.4, -0.2) is 32.5 Å². The van der Waals surface area contributed by atoms with Gasteiger partial charge >= 0.3 is 140 Å². The predicted octanol–water partition coefficient (Wildman–Crippen LogP) is 2.53. The van der Waals surface area contributed by atoms with E-state index < -0.39 is 4.92 Å². The van der Waals surface area contributed by atoms with Crippen molar-refractivity contribution in [2.45, 2.75) is 6.92 Å². The molecule has 0 spiro atoms. The van der Waals surface area contributed by atoms with E-state index in [0.717, 1.165) is 4.46 Å². The number of esters is 1. The summed E-state index contributed by atoms with van der Waals surface area (Å²) in [6, 6.07) is 15.8. The molecule has 0 bridgehead atoms. The van der Waals surface area contributed by atoms with E-state index in [4.69, 9.17) is 4.74 Å². The maximum absolute atomic E-state index is 12.2. The second-order valence-electron chi connectivity index (χ2n) is 4.50. The summed E-state index contributed by atoms with van der Waals surface area (Å²) < 4.78 is 6.65. The Balaban J connectivity index is 2.34. The van der Waals surface area contributed by atoms with Crippen molar-refractivity contribution in [2.24, 2.45) is 0 Å². The van der Waals surface area contributed by atoms with E-state index in [0.29, 0.717) is 10.0 Å². The van der Waals surface area contributed by atoms with Gasteiger partial charge < -0.3 is 0 Å². The molecule has 0 heterocycles. The van der Waals surface area contributed by atoms with Crippen molar-refractivity contribution in [3.05, 3.63) is 74.7 Å². The van der Waals surface area contributed by atoms with Crippen LogP contribution in [0, 0.1) is 10.1 Å². The van der Waals surface area contributed by atoms with E-state index >= 15 is 0 Å². The topological polar surface area (TPSA) is 69.4 Å². The number of non-ortho nitro benzene ring substituents is 1. The Morgan fingerprint density at radius 1 is 1.22 bits per heavy atom. The molecule has 0 aliphatic carbocycles. The summed E-state index contributed by atoms with van der Waals surface area (Å²) in [5.74, 6) is -0.386. The van der Waals surface area contributed by atoms with Crippen molar-refractivity contribution >= 4 is 37.2 Å². The molecule has 5 nitrogen and oxygen atoms in total. The minimum absolute atomic E-state index is 0.00540. The summed E-state index contributed by atoms with van der Waals surface area (Å²) in [7, 11) is 0. The van der Waals surface area contributed by atoms with Gasteiger partial charge in [-0.1, -0.05) is 0 Å². The van der Waals surface area contributed by atoms with Crippen LogP contribution < -0.4 is 4.46 Å². The molecule has 0 fully saturated rings. The zero-order valence-electron chi connectivity index (χ0n) is 12.5. The number of benzene rings is 2. The van der Waals surface area contributed by atoms with Crippen LogP contribution in [0.15, 0.2) is 59.1 Å². The van der Waals surface area contributed by atoms with E-state index in [1.165, 1.54) is 12.1 Å². The molecule has 118 valence electrons. The first-order chi connectivity index (χ1) is 11.1. The molecule has 0 aromatic heterocycles. The van der Waals surface area contributed by atoms with Gasteiger partial charge in [0.1, 0.15) is 0 Å². The van der Waals surface area contributed by atoms with Gasteiger partial charge in [0.25, 0.3) is 0 Å². The zero-order chi connectivity index (χ0) is 16.7. The molecule has 0 aliphatic heterocycles. The predicted molar refractivity (Wildman–Crippen MR) is 89.5 cm³/mol. The molecule has 0 unspecified atom stereocenters. The van der Waals surface area contributed by atoms with E-state index in [2.05, 4.69) is 0 Å². The molecule has 0 saturated heterocycles. The van der Waals surface area contributed by atoms with Crippen LogP contribution in [0.25, 0.3) is 6.08 Å². The van der Waals surface area contributed by atoms with Crippen molar-refractivity contribution in [1.82, 2.24) is 0 Å². The fourth-order valence-electron chi connectivity index (χ4n) is 1.83. The molecule has 23 heavy (non-hydrogen) atoms. The number of nitrogens with zero attached hydrogens (tertiary/aromatic N) is 1. The van der Waals surface area contributed by atoms with Crippen LogP contribution in [0.2, 0.25) is 0 Å². The molecule has 0 radical (unpaired) electrons. The van der Waals surface area contributed by atoms with Gasteiger partial charge in [-0.2, -0.15) is 0 Å². The number of rotatable bonds is 6. The Bertz CT molecular complexity index is 728. The Kier molecular flexibility index (Phi) is 6.09. The van der Waals surface area contributed by atoms with Gasteiger partial charge in [-0.25, -0.2) is 0 Å². The van der Waals surface area contributed by atoms with Gasteiger partial charge in [-0.3, -0.25) is 0 Å². The number of hydrogen-bond donors (Lipinski definition) is 0. The van der Waals surface area contributed by atoms with Crippen molar-refractivity contribution in [1.29, 1.82) is 0 Å². The summed E-state index contributed by atoms with van der Waals surface area (Å²) in [4.78, 5) is 22.6. The summed E-state index contributed by atoms with van der Waals surface area (Å²) in [6.07, 6.45) is 1.66. The van der Waals surface area contributed by atoms with Crippen molar-refractivity contribution in [3.8, 4) is 0 Å². The molecule has 2 rings (SSSR count). The second-order valence-corrected chi connectivity index (χ2v) is 6.84. The van der Waals surface area contributed by atoms with Gasteiger partial charge in [0, 0.05) is 0 Å². The van der Waals surface area contributed by atoms with Crippen LogP contribution in [0.5, 0.6) is 0 Å². The number of nitro benzene ring substituents is 1. The summed E-state index contributed by atoms with van der Waals surface area (Å²) in [6.45, 7) is 2.04. The monoisotopic (exact) mass is 377 g/mol. The van der Waals surface area contributed by atoms with Crippen LogP contribution in [0.4, 0.5) is 5.69 Å². The first kappa shape index (κ1) is 16.9. The zero-order valence-corrected chi connectivity index (χ0v) is 14.2. The maximum atomic E-state index is 12.2. The second kappa shape index (κ2) is 8.27. The van der Waals surface area contributed by atoms with Crippen LogP contribution in [0.3, 0.4) is 0 Å². The van der Waals surface area contributed by atoms with Crippen LogP contribution in [0.1, 0.15) is 12.5 Å². The van der Waals surface area contributed by atoms with E-state index in [9.17, 15) is 14.9 Å². The number of nitro groups is 1. The van der Waals surface area contributed by atoms with Crippen LogP contribution >= 0.6 is 0 Å². The van der Waals surface area contributed by atoms with Gasteiger partial charge in [0.2, 0.25) is 0 Å². The fraction of sp³-hybridized carbons (Fsp3) is 0.118. The van der Waals surface area contributed by atoms with Gasteiger partial charge in [0.15, 0.2) is 0 Å². The summed E-state index contributed by atoms with van der Waals surface area (Å²) in [5, 5.41) is 10.9. The molecule has 0 aliphatic rings. The molecule has 0 saturated carbocycles. The SMILES string of the molecule is CCOC(=O)/C(=C\c1cccc([N+](=O)[O-])c1)[Se]c1ccccc1. The molecule has 2 aromatic carbocycles. The third-order valence-electron chi connectivity index (χ3n) is 2.83. The Labute approximate surface area is 140 Å². The number of carbonyl (C=O) groups is 1. The standard InChI is InChI=1S/C17H15NO4Se/c1-2-22-17(19)16(23-15-9-4-3-5-10-15)12-13-7-6-8-14(11-13)18(20)21/h3-12H,2H2,1H3/b16-12+. The number of carbonyl (C=O) groups excluding carboxylic acids is 1. The van der Waals surface area contributed by atoms with E-state index in [-0.39, 0.29) is 33.2 Å².